The maximum absolute atomic E-state index is 2.51. The molecule has 11 aromatic rings. The Morgan fingerprint density at radius 3 is 1.73 bits per heavy atom. The van der Waals surface area contributed by atoms with Crippen molar-refractivity contribution in [3.8, 4) is 33.6 Å². The number of nitrogens with zero attached hydrogens (tertiary/aromatic N) is 2. The third kappa shape index (κ3) is 3.83. The smallest absolute Gasteiger partial charge is 0.0788 e. The number of rotatable bonds is 3. The highest BCUT2D eigenvalue weighted by Gasteiger charge is 2.23. The van der Waals surface area contributed by atoms with Crippen LogP contribution in [-0.4, -0.2) is 9.13 Å². The van der Waals surface area contributed by atoms with Gasteiger partial charge in [0.15, 0.2) is 0 Å². The Kier molecular flexibility index (Phi) is 5.74. The topological polar surface area (TPSA) is 9.86 Å². The Hall–Kier alpha value is -6.42. The fourth-order valence-corrected chi connectivity index (χ4v) is 10.3. The van der Waals surface area contributed by atoms with Crippen LogP contribution in [0.5, 0.6) is 0 Å². The first kappa shape index (κ1) is 28.3. The van der Waals surface area contributed by atoms with Gasteiger partial charge in [0.2, 0.25) is 0 Å². The molecule has 0 unspecified atom stereocenters. The van der Waals surface area contributed by atoms with Crippen molar-refractivity contribution in [2.45, 2.75) is 6.42 Å². The van der Waals surface area contributed by atoms with E-state index in [2.05, 4.69) is 179 Å². The van der Waals surface area contributed by atoms with Crippen LogP contribution in [0.4, 0.5) is 0 Å². The van der Waals surface area contributed by atoms with Crippen molar-refractivity contribution in [2.24, 2.45) is 0 Å². The minimum Gasteiger partial charge on any atom is -0.307 e. The summed E-state index contributed by atoms with van der Waals surface area (Å²) >= 11 is 1.90. The second-order valence-corrected chi connectivity index (χ2v) is 15.1. The highest BCUT2D eigenvalue weighted by Crippen LogP contribution is 2.46. The highest BCUT2D eigenvalue weighted by molar-refractivity contribution is 7.25. The molecule has 0 fully saturated rings. The van der Waals surface area contributed by atoms with Crippen molar-refractivity contribution in [2.75, 3.05) is 0 Å². The first-order valence-electron chi connectivity index (χ1n) is 18.0. The maximum atomic E-state index is 2.51. The summed E-state index contributed by atoms with van der Waals surface area (Å²) in [7, 11) is 0. The normalized spacial score (nSPS) is 12.5. The fourth-order valence-electron chi connectivity index (χ4n) is 9.12. The largest absolute Gasteiger partial charge is 0.307 e. The lowest BCUT2D eigenvalue weighted by Gasteiger charge is -2.12. The molecular formula is C49H30N2S. The van der Waals surface area contributed by atoms with Crippen LogP contribution in [0.3, 0.4) is 0 Å². The second-order valence-electron chi connectivity index (χ2n) is 14.1. The van der Waals surface area contributed by atoms with Gasteiger partial charge < -0.3 is 9.13 Å². The molecule has 0 spiro atoms. The molecule has 2 nitrogen and oxygen atoms in total. The van der Waals surface area contributed by atoms with Gasteiger partial charge in [-0.05, 0) is 82.3 Å². The molecular weight excluding hydrogens is 649 g/mol. The molecule has 3 heterocycles. The number of benzene rings is 8. The second kappa shape index (κ2) is 10.6. The number of para-hydroxylation sites is 3. The lowest BCUT2D eigenvalue weighted by Crippen LogP contribution is -1.98. The van der Waals surface area contributed by atoms with Crippen molar-refractivity contribution in [1.29, 1.82) is 0 Å². The summed E-state index contributed by atoms with van der Waals surface area (Å²) in [6, 6.07) is 63.0. The van der Waals surface area contributed by atoms with Crippen molar-refractivity contribution in [3.63, 3.8) is 0 Å². The number of thiophene rings is 1. The molecule has 0 saturated heterocycles. The van der Waals surface area contributed by atoms with Gasteiger partial charge in [0.25, 0.3) is 0 Å². The summed E-state index contributed by atoms with van der Waals surface area (Å²) in [5.41, 5.74) is 15.5. The van der Waals surface area contributed by atoms with Gasteiger partial charge >= 0.3 is 0 Å². The molecule has 0 radical (unpaired) electrons. The van der Waals surface area contributed by atoms with Gasteiger partial charge in [0, 0.05) is 53.1 Å². The Morgan fingerprint density at radius 2 is 0.962 bits per heavy atom. The highest BCUT2D eigenvalue weighted by atomic mass is 32.1. The Balaban J connectivity index is 1.10. The maximum Gasteiger partial charge on any atom is 0.0788 e. The zero-order valence-electron chi connectivity index (χ0n) is 28.2. The molecule has 8 aromatic carbocycles. The van der Waals surface area contributed by atoms with Crippen LogP contribution in [0.15, 0.2) is 170 Å². The van der Waals surface area contributed by atoms with Crippen LogP contribution in [-0.2, 0) is 6.42 Å². The summed E-state index contributed by atoms with van der Waals surface area (Å²) in [5.74, 6) is 0. The van der Waals surface area contributed by atoms with Gasteiger partial charge in [-0.3, -0.25) is 0 Å². The number of fused-ring (bicyclic) bond motifs is 13. The van der Waals surface area contributed by atoms with Crippen LogP contribution >= 0.6 is 11.3 Å². The monoisotopic (exact) mass is 678 g/mol. The van der Waals surface area contributed by atoms with E-state index >= 15 is 0 Å². The summed E-state index contributed by atoms with van der Waals surface area (Å²) in [4.78, 5) is 0. The first-order chi connectivity index (χ1) is 25.8. The van der Waals surface area contributed by atoms with Gasteiger partial charge in [-0.15, -0.1) is 11.3 Å². The standard InChI is InChI=1S/C49H30N2S/c1-2-13-33(14-3-1)50-43-19-8-6-16-37(43)41-25-26-42-38-17-7-9-20-44(38)51(49(42)48(41)50)34-22-24-40-39-23-21-31(28-45(39)52-46(40)29-34)36-18-10-12-32-27-30-11-4-5-15-35(30)47(32)36/h1-26,28-29H,27H2. The van der Waals surface area contributed by atoms with E-state index in [1.165, 1.54) is 109 Å². The van der Waals surface area contributed by atoms with Crippen molar-refractivity contribution in [3.05, 3.63) is 181 Å². The summed E-state index contributed by atoms with van der Waals surface area (Å²) in [6.07, 6.45) is 1.01. The molecule has 3 heteroatoms. The zero-order valence-corrected chi connectivity index (χ0v) is 29.0. The average Bonchev–Trinajstić information content (AvgIpc) is 3.95. The van der Waals surface area contributed by atoms with Gasteiger partial charge in [-0.1, -0.05) is 127 Å². The van der Waals surface area contributed by atoms with Gasteiger partial charge in [0.05, 0.1) is 22.1 Å². The van der Waals surface area contributed by atoms with Crippen LogP contribution < -0.4 is 0 Å². The van der Waals surface area contributed by atoms with Crippen molar-refractivity contribution < 1.29 is 0 Å². The van der Waals surface area contributed by atoms with E-state index in [9.17, 15) is 0 Å². The quantitative estimate of drug-likeness (QED) is 0.176. The molecule has 0 bridgehead atoms. The van der Waals surface area contributed by atoms with E-state index in [1.807, 2.05) is 11.3 Å². The van der Waals surface area contributed by atoms with Crippen LogP contribution in [0.2, 0.25) is 0 Å². The molecule has 12 rings (SSSR count). The van der Waals surface area contributed by atoms with E-state index in [0.29, 0.717) is 0 Å². The Morgan fingerprint density at radius 1 is 0.385 bits per heavy atom. The van der Waals surface area contributed by atoms with E-state index in [0.717, 1.165) is 6.42 Å². The molecule has 0 atom stereocenters. The fraction of sp³-hybridized carbons (Fsp3) is 0.0204. The first-order valence-corrected chi connectivity index (χ1v) is 18.8. The predicted octanol–water partition coefficient (Wildman–Crippen LogP) is 13.5. The summed E-state index contributed by atoms with van der Waals surface area (Å²) in [6.45, 7) is 0. The summed E-state index contributed by atoms with van der Waals surface area (Å²) in [5, 5.41) is 7.69. The SMILES string of the molecule is c1ccc(-n2c3ccccc3c3ccc4c5ccccc5n(-c5ccc6c(c5)sc5cc(-c7cccc8c7-c7ccccc7C8)ccc56)c4c32)cc1. The minimum absolute atomic E-state index is 1.01. The predicted molar refractivity (Wildman–Crippen MR) is 222 cm³/mol. The van der Waals surface area contributed by atoms with E-state index in [1.54, 1.807) is 0 Å². The molecule has 1 aliphatic carbocycles. The van der Waals surface area contributed by atoms with E-state index < -0.39 is 0 Å². The molecule has 1 aliphatic rings. The van der Waals surface area contributed by atoms with Gasteiger partial charge in [-0.25, -0.2) is 0 Å². The third-order valence-corrected chi connectivity index (χ3v) is 12.4. The Labute approximate surface area is 304 Å². The third-order valence-electron chi connectivity index (χ3n) is 11.3. The molecule has 0 N–H and O–H groups in total. The van der Waals surface area contributed by atoms with E-state index in [-0.39, 0.29) is 0 Å². The van der Waals surface area contributed by atoms with Crippen molar-refractivity contribution in [1.82, 2.24) is 9.13 Å². The van der Waals surface area contributed by atoms with Gasteiger partial charge in [0.1, 0.15) is 0 Å². The number of aromatic nitrogens is 2. The molecule has 3 aromatic heterocycles. The van der Waals surface area contributed by atoms with Crippen LogP contribution in [0.25, 0.3) is 97.4 Å². The zero-order chi connectivity index (χ0) is 33.9. The lowest BCUT2D eigenvalue weighted by atomic mass is 9.94. The number of hydrogen-bond donors (Lipinski definition) is 0. The van der Waals surface area contributed by atoms with E-state index in [4.69, 9.17) is 0 Å². The lowest BCUT2D eigenvalue weighted by molar-refractivity contribution is 1.15. The van der Waals surface area contributed by atoms with Gasteiger partial charge in [-0.2, -0.15) is 0 Å². The minimum atomic E-state index is 1.01. The molecule has 0 amide bonds. The molecule has 52 heavy (non-hydrogen) atoms. The van der Waals surface area contributed by atoms with Crippen molar-refractivity contribution >= 4 is 75.1 Å². The number of hydrogen-bond acceptors (Lipinski definition) is 1. The molecule has 0 aliphatic heterocycles. The Bertz CT molecular complexity index is 3260. The average molecular weight is 679 g/mol. The summed E-state index contributed by atoms with van der Waals surface area (Å²) < 4.78 is 7.59. The molecule has 0 saturated carbocycles. The van der Waals surface area contributed by atoms with Crippen LogP contribution in [0.1, 0.15) is 11.1 Å². The van der Waals surface area contributed by atoms with Crippen LogP contribution in [0, 0.1) is 0 Å². The molecule has 242 valence electrons.